The van der Waals surface area contributed by atoms with E-state index in [1.807, 2.05) is 18.2 Å². The Kier molecular flexibility index (Phi) is 3.11. The Hall–Kier alpha value is -2.04. The monoisotopic (exact) mass is 259 g/mol. The minimum absolute atomic E-state index is 0.00741. The number of fused-ring (bicyclic) bond motifs is 1. The standard InChI is InChI=1S/C14H17N3O2/c18-13-4-7-17(8-6-16-13)14(19)11-2-1-10-3-5-15-12(10)9-11/h1-2,9,15H,3-8H2,(H,16,18). The Bertz CT molecular complexity index is 527. The molecule has 2 N–H and O–H groups in total. The normalized spacial score (nSPS) is 18.3. The zero-order chi connectivity index (χ0) is 13.2. The molecule has 0 spiro atoms. The minimum Gasteiger partial charge on any atom is -0.384 e. The van der Waals surface area contributed by atoms with Crippen molar-refractivity contribution in [2.45, 2.75) is 12.8 Å². The third-order valence-electron chi connectivity index (χ3n) is 3.67. The smallest absolute Gasteiger partial charge is 0.254 e. The Morgan fingerprint density at radius 3 is 2.89 bits per heavy atom. The molecule has 2 aliphatic rings. The second-order valence-corrected chi connectivity index (χ2v) is 4.94. The van der Waals surface area contributed by atoms with Gasteiger partial charge in [0.2, 0.25) is 5.91 Å². The maximum absolute atomic E-state index is 12.4. The summed E-state index contributed by atoms with van der Waals surface area (Å²) in [6, 6.07) is 5.82. The fourth-order valence-corrected chi connectivity index (χ4v) is 2.58. The molecule has 0 aliphatic carbocycles. The summed E-state index contributed by atoms with van der Waals surface area (Å²) in [6.07, 6.45) is 1.40. The highest BCUT2D eigenvalue weighted by Gasteiger charge is 2.21. The Balaban J connectivity index is 1.77. The number of carbonyl (C=O) groups excluding carboxylic acids is 2. The highest BCUT2D eigenvalue weighted by molar-refractivity contribution is 5.96. The van der Waals surface area contributed by atoms with Gasteiger partial charge in [0.15, 0.2) is 0 Å². The van der Waals surface area contributed by atoms with Gasteiger partial charge in [-0.1, -0.05) is 6.07 Å². The first-order valence-electron chi connectivity index (χ1n) is 6.67. The summed E-state index contributed by atoms with van der Waals surface area (Å²) in [5.41, 5.74) is 3.03. The molecule has 3 rings (SSSR count). The van der Waals surface area contributed by atoms with E-state index >= 15 is 0 Å². The number of carbonyl (C=O) groups is 2. The first-order valence-corrected chi connectivity index (χ1v) is 6.67. The van der Waals surface area contributed by atoms with Crippen molar-refractivity contribution < 1.29 is 9.59 Å². The average molecular weight is 259 g/mol. The predicted molar refractivity (Wildman–Crippen MR) is 72.2 cm³/mol. The van der Waals surface area contributed by atoms with Crippen LogP contribution in [0.2, 0.25) is 0 Å². The van der Waals surface area contributed by atoms with Crippen LogP contribution in [0.1, 0.15) is 22.3 Å². The number of hydrogen-bond acceptors (Lipinski definition) is 3. The van der Waals surface area contributed by atoms with Crippen molar-refractivity contribution in [3.05, 3.63) is 29.3 Å². The first-order chi connectivity index (χ1) is 9.24. The van der Waals surface area contributed by atoms with Crippen LogP contribution in [0.5, 0.6) is 0 Å². The lowest BCUT2D eigenvalue weighted by molar-refractivity contribution is -0.120. The minimum atomic E-state index is 0.00741. The van der Waals surface area contributed by atoms with Gasteiger partial charge in [-0.15, -0.1) is 0 Å². The van der Waals surface area contributed by atoms with Gasteiger partial charge in [0, 0.05) is 43.9 Å². The molecule has 0 bridgehead atoms. The van der Waals surface area contributed by atoms with Crippen molar-refractivity contribution in [1.82, 2.24) is 10.2 Å². The van der Waals surface area contributed by atoms with Gasteiger partial charge in [-0.25, -0.2) is 0 Å². The van der Waals surface area contributed by atoms with E-state index in [1.165, 1.54) is 5.56 Å². The second-order valence-electron chi connectivity index (χ2n) is 4.94. The van der Waals surface area contributed by atoms with E-state index in [1.54, 1.807) is 4.90 Å². The summed E-state index contributed by atoms with van der Waals surface area (Å²) in [7, 11) is 0. The topological polar surface area (TPSA) is 61.4 Å². The van der Waals surface area contributed by atoms with E-state index < -0.39 is 0 Å². The van der Waals surface area contributed by atoms with Crippen molar-refractivity contribution in [2.24, 2.45) is 0 Å². The number of nitrogens with zero attached hydrogens (tertiary/aromatic N) is 1. The van der Waals surface area contributed by atoms with Crippen molar-refractivity contribution in [1.29, 1.82) is 0 Å². The average Bonchev–Trinajstić information content (AvgIpc) is 2.78. The van der Waals surface area contributed by atoms with E-state index in [9.17, 15) is 9.59 Å². The molecule has 100 valence electrons. The van der Waals surface area contributed by atoms with Crippen molar-refractivity contribution in [3.8, 4) is 0 Å². The molecule has 0 radical (unpaired) electrons. The fourth-order valence-electron chi connectivity index (χ4n) is 2.58. The maximum Gasteiger partial charge on any atom is 0.254 e. The molecule has 1 fully saturated rings. The van der Waals surface area contributed by atoms with Crippen LogP contribution in [0.15, 0.2) is 18.2 Å². The lowest BCUT2D eigenvalue weighted by Gasteiger charge is -2.19. The summed E-state index contributed by atoms with van der Waals surface area (Å²) in [6.45, 7) is 2.55. The van der Waals surface area contributed by atoms with E-state index in [0.29, 0.717) is 31.6 Å². The van der Waals surface area contributed by atoms with Crippen LogP contribution in [0.4, 0.5) is 5.69 Å². The van der Waals surface area contributed by atoms with Gasteiger partial charge in [0.05, 0.1) is 0 Å². The summed E-state index contributed by atoms with van der Waals surface area (Å²) < 4.78 is 0. The van der Waals surface area contributed by atoms with E-state index in [-0.39, 0.29) is 11.8 Å². The van der Waals surface area contributed by atoms with Gasteiger partial charge in [-0.05, 0) is 24.1 Å². The summed E-state index contributed by atoms with van der Waals surface area (Å²) >= 11 is 0. The molecule has 0 aromatic heterocycles. The van der Waals surface area contributed by atoms with Gasteiger partial charge in [-0.3, -0.25) is 9.59 Å². The summed E-state index contributed by atoms with van der Waals surface area (Å²) in [4.78, 5) is 25.4. The van der Waals surface area contributed by atoms with E-state index in [2.05, 4.69) is 10.6 Å². The molecule has 2 heterocycles. The zero-order valence-corrected chi connectivity index (χ0v) is 10.7. The molecule has 0 atom stereocenters. The Labute approximate surface area is 112 Å². The van der Waals surface area contributed by atoms with Gasteiger partial charge in [0.1, 0.15) is 0 Å². The van der Waals surface area contributed by atoms with E-state index in [4.69, 9.17) is 0 Å². The molecule has 0 saturated carbocycles. The van der Waals surface area contributed by atoms with Crippen LogP contribution < -0.4 is 10.6 Å². The predicted octanol–water partition coefficient (Wildman–Crippen LogP) is 0.617. The highest BCUT2D eigenvalue weighted by atomic mass is 16.2. The van der Waals surface area contributed by atoms with Crippen LogP contribution in [0, 0.1) is 0 Å². The van der Waals surface area contributed by atoms with E-state index in [0.717, 1.165) is 18.7 Å². The third-order valence-corrected chi connectivity index (χ3v) is 3.67. The Morgan fingerprint density at radius 1 is 1.11 bits per heavy atom. The number of amides is 2. The van der Waals surface area contributed by atoms with Crippen LogP contribution in [-0.2, 0) is 11.2 Å². The van der Waals surface area contributed by atoms with Crippen molar-refractivity contribution in [2.75, 3.05) is 31.5 Å². The summed E-state index contributed by atoms with van der Waals surface area (Å²) in [5, 5.41) is 6.06. The third kappa shape index (κ3) is 2.41. The van der Waals surface area contributed by atoms with Crippen molar-refractivity contribution in [3.63, 3.8) is 0 Å². The molecule has 5 nitrogen and oxygen atoms in total. The number of anilines is 1. The van der Waals surface area contributed by atoms with Gasteiger partial charge in [-0.2, -0.15) is 0 Å². The maximum atomic E-state index is 12.4. The number of rotatable bonds is 1. The largest absolute Gasteiger partial charge is 0.384 e. The van der Waals surface area contributed by atoms with Crippen LogP contribution >= 0.6 is 0 Å². The molecule has 1 saturated heterocycles. The number of hydrogen-bond donors (Lipinski definition) is 2. The molecule has 19 heavy (non-hydrogen) atoms. The quantitative estimate of drug-likeness (QED) is 0.777. The molecule has 5 heteroatoms. The molecular formula is C14H17N3O2. The van der Waals surface area contributed by atoms with Gasteiger partial charge < -0.3 is 15.5 Å². The SMILES string of the molecule is O=C1CCN(C(=O)c2ccc3c(c2)NCC3)CCN1. The zero-order valence-electron chi connectivity index (χ0n) is 10.7. The summed E-state index contributed by atoms with van der Waals surface area (Å²) in [5.74, 6) is 0.0268. The number of benzene rings is 1. The molecule has 2 amide bonds. The highest BCUT2D eigenvalue weighted by Crippen LogP contribution is 2.23. The van der Waals surface area contributed by atoms with Crippen LogP contribution in [0.25, 0.3) is 0 Å². The van der Waals surface area contributed by atoms with Crippen LogP contribution in [0.3, 0.4) is 0 Å². The molecular weight excluding hydrogens is 242 g/mol. The fraction of sp³-hybridized carbons (Fsp3) is 0.429. The molecule has 1 aromatic rings. The lowest BCUT2D eigenvalue weighted by Crippen LogP contribution is -2.34. The lowest BCUT2D eigenvalue weighted by atomic mass is 10.1. The van der Waals surface area contributed by atoms with Gasteiger partial charge >= 0.3 is 0 Å². The van der Waals surface area contributed by atoms with Gasteiger partial charge in [0.25, 0.3) is 5.91 Å². The Morgan fingerprint density at radius 2 is 2.00 bits per heavy atom. The molecule has 1 aromatic carbocycles. The van der Waals surface area contributed by atoms with Crippen molar-refractivity contribution >= 4 is 17.5 Å². The second kappa shape index (κ2) is 4.91. The molecule has 0 unspecified atom stereocenters. The number of nitrogens with one attached hydrogen (secondary N) is 2. The first kappa shape index (κ1) is 12.0. The van der Waals surface area contributed by atoms with Crippen LogP contribution in [-0.4, -0.2) is 42.9 Å². The molecule has 2 aliphatic heterocycles.